The molecule has 0 aliphatic rings. The highest BCUT2D eigenvalue weighted by atomic mass is 35.5. The fourth-order valence-corrected chi connectivity index (χ4v) is 5.59. The van der Waals surface area contributed by atoms with Crippen molar-refractivity contribution in [2.24, 2.45) is 13.0 Å². The van der Waals surface area contributed by atoms with Gasteiger partial charge in [0.2, 0.25) is 11.8 Å². The third-order valence-corrected chi connectivity index (χ3v) is 8.27. The Morgan fingerprint density at radius 3 is 2.33 bits per heavy atom. The van der Waals surface area contributed by atoms with E-state index in [4.69, 9.17) is 16.6 Å². The van der Waals surface area contributed by atoms with Crippen LogP contribution in [0.15, 0.2) is 54.7 Å². The lowest BCUT2D eigenvalue weighted by atomic mass is 9.81. The van der Waals surface area contributed by atoms with Gasteiger partial charge in [-0.3, -0.25) is 19.1 Å². The van der Waals surface area contributed by atoms with Crippen molar-refractivity contribution in [2.75, 3.05) is 14.1 Å². The molecule has 0 aliphatic heterocycles. The molecule has 11 heteroatoms. The van der Waals surface area contributed by atoms with Gasteiger partial charge in [-0.05, 0) is 62.1 Å². The number of carbonyl (C=O) groups is 3. The Hall–Kier alpha value is -4.18. The molecule has 0 saturated carbocycles. The minimum absolute atomic E-state index is 0.0787. The van der Waals surface area contributed by atoms with E-state index in [9.17, 15) is 14.4 Å². The van der Waals surface area contributed by atoms with Crippen LogP contribution in [0.2, 0.25) is 5.02 Å². The fourth-order valence-electron chi connectivity index (χ4n) is 5.33. The SMILES string of the molecule is CC(C)C(c1ccccc1Cl)C(NC(=O)c1ccnn1C)c1nc2ccc(C(C)(C)C(=O)N[C@H](C)C(=O)N(C)C)cc2[nH]1. The Kier molecular flexibility index (Phi) is 9.29. The van der Waals surface area contributed by atoms with Crippen molar-refractivity contribution < 1.29 is 14.4 Å². The zero-order valence-corrected chi connectivity index (χ0v) is 26.7. The number of fused-ring (bicyclic) bond motifs is 1. The zero-order chi connectivity index (χ0) is 31.6. The largest absolute Gasteiger partial charge is 0.347 e. The predicted molar refractivity (Wildman–Crippen MR) is 168 cm³/mol. The van der Waals surface area contributed by atoms with Crippen LogP contribution >= 0.6 is 11.6 Å². The second-order valence-corrected chi connectivity index (χ2v) is 12.4. The molecule has 0 fully saturated rings. The molecule has 2 heterocycles. The number of imidazole rings is 1. The molecule has 0 radical (unpaired) electrons. The van der Waals surface area contributed by atoms with Crippen molar-refractivity contribution in [2.45, 2.75) is 58.0 Å². The van der Waals surface area contributed by atoms with E-state index < -0.39 is 17.5 Å². The summed E-state index contributed by atoms with van der Waals surface area (Å²) in [5.41, 5.74) is 2.53. The summed E-state index contributed by atoms with van der Waals surface area (Å²) in [6, 6.07) is 13.7. The molecule has 2 unspecified atom stereocenters. The summed E-state index contributed by atoms with van der Waals surface area (Å²) in [5, 5.41) is 10.8. The van der Waals surface area contributed by atoms with Crippen molar-refractivity contribution >= 4 is 40.4 Å². The summed E-state index contributed by atoms with van der Waals surface area (Å²) in [5.74, 6) is -0.319. The van der Waals surface area contributed by atoms with Crippen LogP contribution in [-0.4, -0.2) is 62.5 Å². The average molecular weight is 606 g/mol. The maximum Gasteiger partial charge on any atom is 0.270 e. The van der Waals surface area contributed by atoms with Crippen LogP contribution in [0.5, 0.6) is 0 Å². The number of H-pyrrole nitrogens is 1. The minimum Gasteiger partial charge on any atom is -0.347 e. The summed E-state index contributed by atoms with van der Waals surface area (Å²) in [7, 11) is 5.03. The van der Waals surface area contributed by atoms with Crippen molar-refractivity contribution in [1.82, 2.24) is 35.3 Å². The Morgan fingerprint density at radius 1 is 1.02 bits per heavy atom. The van der Waals surface area contributed by atoms with Crippen molar-refractivity contribution in [3.8, 4) is 0 Å². The van der Waals surface area contributed by atoms with Crippen molar-refractivity contribution in [1.29, 1.82) is 0 Å². The first kappa shape index (κ1) is 31.7. The fraction of sp³-hybridized carbons (Fsp3) is 0.406. The van der Waals surface area contributed by atoms with Gasteiger partial charge in [-0.25, -0.2) is 4.98 Å². The molecule has 2 aromatic heterocycles. The predicted octanol–water partition coefficient (Wildman–Crippen LogP) is 4.73. The van der Waals surface area contributed by atoms with Gasteiger partial charge in [0, 0.05) is 38.3 Å². The number of likely N-dealkylation sites (N-methyl/N-ethyl adjacent to an activating group) is 1. The Bertz CT molecular complexity index is 1640. The highest BCUT2D eigenvalue weighted by Crippen LogP contribution is 2.40. The first-order valence-electron chi connectivity index (χ1n) is 14.3. The smallest absolute Gasteiger partial charge is 0.270 e. The molecule has 2 aromatic carbocycles. The van der Waals surface area contributed by atoms with Crippen LogP contribution in [-0.2, 0) is 22.1 Å². The number of nitrogens with zero attached hydrogens (tertiary/aromatic N) is 4. The lowest BCUT2D eigenvalue weighted by Crippen LogP contribution is -2.49. The zero-order valence-electron chi connectivity index (χ0n) is 25.9. The van der Waals surface area contributed by atoms with Gasteiger partial charge in [-0.2, -0.15) is 5.10 Å². The number of benzene rings is 2. The standard InChI is InChI=1S/C32H40ClN7O3/c1-18(2)26(21-11-9-10-12-22(21)33)27(38-29(41)25-15-16-34-40(25)8)28-36-23-14-13-20(17-24(23)37-28)32(4,5)31(43)35-19(3)30(42)39(6)7/h9-19,26-27H,1-8H3,(H,35,43)(H,36,37)(H,38,41)/t19-,26?,27?/m1/s1. The molecule has 228 valence electrons. The third-order valence-electron chi connectivity index (χ3n) is 7.92. The van der Waals surface area contributed by atoms with Crippen LogP contribution in [0.3, 0.4) is 0 Å². The molecule has 3 amide bonds. The van der Waals surface area contributed by atoms with Gasteiger partial charge in [-0.15, -0.1) is 0 Å². The quantitative estimate of drug-likeness (QED) is 0.241. The van der Waals surface area contributed by atoms with Gasteiger partial charge in [0.15, 0.2) is 0 Å². The summed E-state index contributed by atoms with van der Waals surface area (Å²) >= 11 is 6.69. The molecule has 10 nitrogen and oxygen atoms in total. The lowest BCUT2D eigenvalue weighted by molar-refractivity contribution is -0.135. The van der Waals surface area contributed by atoms with E-state index in [1.807, 2.05) is 56.3 Å². The molecule has 0 aliphatic carbocycles. The number of aromatic nitrogens is 4. The highest BCUT2D eigenvalue weighted by Gasteiger charge is 2.35. The second-order valence-electron chi connectivity index (χ2n) is 12.0. The van der Waals surface area contributed by atoms with Gasteiger partial charge in [0.25, 0.3) is 5.91 Å². The first-order chi connectivity index (χ1) is 20.2. The van der Waals surface area contributed by atoms with Crippen molar-refractivity contribution in [3.05, 3.63) is 82.4 Å². The van der Waals surface area contributed by atoms with Crippen LogP contribution in [0.4, 0.5) is 0 Å². The van der Waals surface area contributed by atoms with Crippen LogP contribution in [0, 0.1) is 5.92 Å². The van der Waals surface area contributed by atoms with Crippen LogP contribution in [0.25, 0.3) is 11.0 Å². The number of halogens is 1. The van der Waals surface area contributed by atoms with Crippen LogP contribution < -0.4 is 10.6 Å². The molecule has 3 N–H and O–H groups in total. The number of hydrogen-bond donors (Lipinski definition) is 3. The van der Waals surface area contributed by atoms with Gasteiger partial charge in [0.1, 0.15) is 17.6 Å². The van der Waals surface area contributed by atoms with E-state index in [-0.39, 0.29) is 29.6 Å². The Morgan fingerprint density at radius 2 is 1.72 bits per heavy atom. The molecule has 4 aromatic rings. The van der Waals surface area contributed by atoms with Gasteiger partial charge < -0.3 is 20.5 Å². The molecule has 4 rings (SSSR count). The molecule has 3 atom stereocenters. The van der Waals surface area contributed by atoms with E-state index in [0.29, 0.717) is 27.6 Å². The number of hydrogen-bond acceptors (Lipinski definition) is 5. The first-order valence-corrected chi connectivity index (χ1v) is 14.7. The van der Waals surface area contributed by atoms with E-state index in [2.05, 4.69) is 34.6 Å². The molecular weight excluding hydrogens is 566 g/mol. The number of rotatable bonds is 10. The number of carbonyl (C=O) groups excluding carboxylic acids is 3. The molecule has 0 bridgehead atoms. The monoisotopic (exact) mass is 605 g/mol. The third kappa shape index (κ3) is 6.59. The van der Waals surface area contributed by atoms with Crippen LogP contribution in [0.1, 0.15) is 74.0 Å². The Balaban J connectivity index is 1.74. The second kappa shape index (κ2) is 12.6. The minimum atomic E-state index is -0.939. The lowest BCUT2D eigenvalue weighted by Gasteiger charge is -2.31. The summed E-state index contributed by atoms with van der Waals surface area (Å²) in [6.07, 6.45) is 1.58. The molecule has 43 heavy (non-hydrogen) atoms. The highest BCUT2D eigenvalue weighted by molar-refractivity contribution is 6.31. The van der Waals surface area contributed by atoms with Gasteiger partial charge in [0.05, 0.1) is 22.5 Å². The Labute approximate surface area is 257 Å². The topological polar surface area (TPSA) is 125 Å². The summed E-state index contributed by atoms with van der Waals surface area (Å²) in [4.78, 5) is 48.9. The molecular formula is C32H40ClN7O3. The maximum absolute atomic E-state index is 13.5. The van der Waals surface area contributed by atoms with E-state index >= 15 is 0 Å². The number of aryl methyl sites for hydroxylation is 1. The van der Waals surface area contributed by atoms with E-state index in [1.54, 1.807) is 40.3 Å². The normalized spacial score (nSPS) is 13.9. The number of nitrogens with one attached hydrogen (secondary N) is 3. The average Bonchev–Trinajstić information content (AvgIpc) is 3.58. The summed E-state index contributed by atoms with van der Waals surface area (Å²) in [6.45, 7) is 9.47. The molecule has 0 saturated heterocycles. The summed E-state index contributed by atoms with van der Waals surface area (Å²) < 4.78 is 1.53. The van der Waals surface area contributed by atoms with E-state index in [0.717, 1.165) is 11.1 Å². The van der Waals surface area contributed by atoms with E-state index in [1.165, 1.54) is 9.58 Å². The number of aromatic amines is 1. The van der Waals surface area contributed by atoms with Gasteiger partial charge >= 0.3 is 0 Å². The van der Waals surface area contributed by atoms with Crippen molar-refractivity contribution in [3.63, 3.8) is 0 Å². The number of amides is 3. The maximum atomic E-state index is 13.5. The molecule has 0 spiro atoms. The van der Waals surface area contributed by atoms with Gasteiger partial charge in [-0.1, -0.05) is 49.7 Å².